The zero-order chi connectivity index (χ0) is 19.8. The molecular formula is C22H18N4O3. The minimum absolute atomic E-state index is 0.227. The monoisotopic (exact) mass is 386 g/mol. The first-order valence-corrected chi connectivity index (χ1v) is 9.27. The van der Waals surface area contributed by atoms with E-state index in [2.05, 4.69) is 9.97 Å². The second kappa shape index (κ2) is 6.94. The van der Waals surface area contributed by atoms with Crippen molar-refractivity contribution in [2.75, 3.05) is 19.1 Å². The van der Waals surface area contributed by atoms with Gasteiger partial charge in [0.2, 0.25) is 6.79 Å². The van der Waals surface area contributed by atoms with Crippen molar-refractivity contribution in [3.05, 3.63) is 54.9 Å². The van der Waals surface area contributed by atoms with Crippen LogP contribution in [0.2, 0.25) is 0 Å². The van der Waals surface area contributed by atoms with Crippen LogP contribution in [0.4, 0.5) is 5.82 Å². The Kier molecular flexibility index (Phi) is 4.13. The molecule has 0 amide bonds. The van der Waals surface area contributed by atoms with Crippen LogP contribution in [0.25, 0.3) is 33.4 Å². The van der Waals surface area contributed by atoms with E-state index in [1.54, 1.807) is 0 Å². The number of anilines is 1. The Hall–Kier alpha value is -3.87. The van der Waals surface area contributed by atoms with Gasteiger partial charge in [-0.25, -0.2) is 15.0 Å². The van der Waals surface area contributed by atoms with Gasteiger partial charge in [0.1, 0.15) is 17.9 Å². The maximum atomic E-state index is 6.18. The maximum absolute atomic E-state index is 6.18. The van der Waals surface area contributed by atoms with Gasteiger partial charge >= 0.3 is 0 Å². The average molecular weight is 386 g/mol. The molecule has 0 atom stereocenters. The van der Waals surface area contributed by atoms with Crippen molar-refractivity contribution in [2.24, 2.45) is 0 Å². The van der Waals surface area contributed by atoms with Gasteiger partial charge in [-0.15, -0.1) is 0 Å². The Morgan fingerprint density at radius 1 is 0.966 bits per heavy atom. The van der Waals surface area contributed by atoms with E-state index in [1.165, 1.54) is 6.33 Å². The van der Waals surface area contributed by atoms with Crippen LogP contribution >= 0.6 is 0 Å². The van der Waals surface area contributed by atoms with Crippen molar-refractivity contribution >= 4 is 16.9 Å². The highest BCUT2D eigenvalue weighted by atomic mass is 16.7. The normalized spacial score (nSPS) is 12.3. The molecule has 7 nitrogen and oxygen atoms in total. The van der Waals surface area contributed by atoms with Crippen molar-refractivity contribution in [3.8, 4) is 39.6 Å². The van der Waals surface area contributed by atoms with Gasteiger partial charge in [0.05, 0.1) is 17.7 Å². The summed E-state index contributed by atoms with van der Waals surface area (Å²) < 4.78 is 16.5. The standard InChI is InChI=1S/C22H18N4O3/c1-2-27-15-6-3-13(4-7-15)16-10-17(26-22-20(16)21(23)24-11-25-22)14-5-8-18-19(9-14)29-12-28-18/h3-11H,2,12H2,1H3,(H2,23,24,25,26). The molecule has 0 fully saturated rings. The molecular weight excluding hydrogens is 368 g/mol. The Morgan fingerprint density at radius 3 is 2.59 bits per heavy atom. The van der Waals surface area contributed by atoms with E-state index in [-0.39, 0.29) is 6.79 Å². The van der Waals surface area contributed by atoms with Crippen molar-refractivity contribution in [3.63, 3.8) is 0 Å². The fourth-order valence-corrected chi connectivity index (χ4v) is 3.42. The lowest BCUT2D eigenvalue weighted by Crippen LogP contribution is -1.99. The quantitative estimate of drug-likeness (QED) is 0.565. The number of nitrogens with zero attached hydrogens (tertiary/aromatic N) is 3. The SMILES string of the molecule is CCOc1ccc(-c2cc(-c3ccc4c(c3)OCO4)nc3ncnc(N)c23)cc1. The summed E-state index contributed by atoms with van der Waals surface area (Å²) >= 11 is 0. The molecule has 0 saturated carbocycles. The predicted molar refractivity (Wildman–Crippen MR) is 110 cm³/mol. The number of hydrogen-bond acceptors (Lipinski definition) is 7. The van der Waals surface area contributed by atoms with E-state index < -0.39 is 0 Å². The summed E-state index contributed by atoms with van der Waals surface area (Å²) in [6.45, 7) is 2.80. The maximum Gasteiger partial charge on any atom is 0.231 e. The second-order valence-electron chi connectivity index (χ2n) is 6.54. The minimum Gasteiger partial charge on any atom is -0.494 e. The second-order valence-corrected chi connectivity index (χ2v) is 6.54. The van der Waals surface area contributed by atoms with Gasteiger partial charge in [-0.2, -0.15) is 0 Å². The molecule has 5 rings (SSSR count). The van der Waals surface area contributed by atoms with E-state index in [1.807, 2.05) is 55.5 Å². The first-order chi connectivity index (χ1) is 14.2. The summed E-state index contributed by atoms with van der Waals surface area (Å²) in [5.41, 5.74) is 10.3. The van der Waals surface area contributed by atoms with Gasteiger partial charge in [-0.1, -0.05) is 12.1 Å². The molecule has 1 aliphatic rings. The Bertz CT molecular complexity index is 1210. The Morgan fingerprint density at radius 2 is 1.76 bits per heavy atom. The molecule has 0 unspecified atom stereocenters. The first-order valence-electron chi connectivity index (χ1n) is 9.27. The van der Waals surface area contributed by atoms with E-state index in [4.69, 9.17) is 24.9 Å². The van der Waals surface area contributed by atoms with Crippen LogP contribution in [0.1, 0.15) is 6.92 Å². The molecule has 0 radical (unpaired) electrons. The molecule has 0 spiro atoms. The van der Waals surface area contributed by atoms with Crippen LogP contribution in [0, 0.1) is 0 Å². The van der Waals surface area contributed by atoms with Crippen LogP contribution < -0.4 is 19.9 Å². The lowest BCUT2D eigenvalue weighted by atomic mass is 9.99. The summed E-state index contributed by atoms with van der Waals surface area (Å²) in [5.74, 6) is 2.64. The Labute approximate surface area is 167 Å². The molecule has 2 aromatic heterocycles. The number of rotatable bonds is 4. The van der Waals surface area contributed by atoms with Crippen LogP contribution in [0.15, 0.2) is 54.9 Å². The van der Waals surface area contributed by atoms with E-state index in [0.29, 0.717) is 23.8 Å². The molecule has 2 N–H and O–H groups in total. The van der Waals surface area contributed by atoms with Gasteiger partial charge in [-0.3, -0.25) is 0 Å². The first kappa shape index (κ1) is 17.2. The van der Waals surface area contributed by atoms with Gasteiger partial charge in [0.25, 0.3) is 0 Å². The van der Waals surface area contributed by atoms with Crippen molar-refractivity contribution in [2.45, 2.75) is 6.92 Å². The van der Waals surface area contributed by atoms with Crippen LogP contribution in [0.5, 0.6) is 17.2 Å². The van der Waals surface area contributed by atoms with Crippen molar-refractivity contribution in [1.82, 2.24) is 15.0 Å². The van der Waals surface area contributed by atoms with Crippen LogP contribution in [-0.2, 0) is 0 Å². The summed E-state index contributed by atoms with van der Waals surface area (Å²) in [5, 5.41) is 0.723. The fourth-order valence-electron chi connectivity index (χ4n) is 3.42. The van der Waals surface area contributed by atoms with Gasteiger partial charge in [-0.05, 0) is 54.4 Å². The number of fused-ring (bicyclic) bond motifs is 2. The van der Waals surface area contributed by atoms with Crippen molar-refractivity contribution < 1.29 is 14.2 Å². The summed E-state index contributed by atoms with van der Waals surface area (Å²) in [6.07, 6.45) is 1.43. The average Bonchev–Trinajstić information content (AvgIpc) is 3.22. The summed E-state index contributed by atoms with van der Waals surface area (Å²) in [4.78, 5) is 13.2. The van der Waals surface area contributed by atoms with E-state index in [0.717, 1.165) is 39.3 Å². The zero-order valence-electron chi connectivity index (χ0n) is 15.8. The van der Waals surface area contributed by atoms with E-state index in [9.17, 15) is 0 Å². The number of benzene rings is 2. The van der Waals surface area contributed by atoms with Gasteiger partial charge in [0.15, 0.2) is 17.1 Å². The van der Waals surface area contributed by atoms with Gasteiger partial charge in [0, 0.05) is 5.56 Å². The number of pyridine rings is 1. The third-order valence-electron chi connectivity index (χ3n) is 4.78. The summed E-state index contributed by atoms with van der Waals surface area (Å²) in [7, 11) is 0. The van der Waals surface area contributed by atoms with E-state index >= 15 is 0 Å². The highest BCUT2D eigenvalue weighted by Crippen LogP contribution is 2.38. The topological polar surface area (TPSA) is 92.4 Å². The Balaban J connectivity index is 1.69. The molecule has 0 aliphatic carbocycles. The molecule has 2 aromatic carbocycles. The number of ether oxygens (including phenoxy) is 3. The van der Waals surface area contributed by atoms with Crippen molar-refractivity contribution in [1.29, 1.82) is 0 Å². The molecule has 29 heavy (non-hydrogen) atoms. The highest BCUT2D eigenvalue weighted by Gasteiger charge is 2.17. The molecule has 7 heteroatoms. The lowest BCUT2D eigenvalue weighted by Gasteiger charge is -2.12. The molecule has 0 saturated heterocycles. The predicted octanol–water partition coefficient (Wildman–Crippen LogP) is 4.07. The smallest absolute Gasteiger partial charge is 0.231 e. The number of nitrogen functional groups attached to an aromatic ring is 1. The molecule has 1 aliphatic heterocycles. The number of aromatic nitrogens is 3. The molecule has 3 heterocycles. The van der Waals surface area contributed by atoms with Crippen LogP contribution in [-0.4, -0.2) is 28.4 Å². The fraction of sp³-hybridized carbons (Fsp3) is 0.136. The molecule has 0 bridgehead atoms. The molecule has 4 aromatic rings. The molecule has 144 valence electrons. The number of hydrogen-bond donors (Lipinski definition) is 1. The summed E-state index contributed by atoms with van der Waals surface area (Å²) in [6, 6.07) is 15.6. The largest absolute Gasteiger partial charge is 0.494 e. The van der Waals surface area contributed by atoms with Gasteiger partial charge < -0.3 is 19.9 Å². The van der Waals surface area contributed by atoms with Crippen LogP contribution in [0.3, 0.4) is 0 Å². The lowest BCUT2D eigenvalue weighted by molar-refractivity contribution is 0.174. The third-order valence-corrected chi connectivity index (χ3v) is 4.78. The number of nitrogens with two attached hydrogens (primary N) is 1. The third kappa shape index (κ3) is 3.06. The zero-order valence-corrected chi connectivity index (χ0v) is 15.8. The highest BCUT2D eigenvalue weighted by molar-refractivity contribution is 6.01. The minimum atomic E-state index is 0.227.